The molecule has 0 unspecified atom stereocenters. The lowest BCUT2D eigenvalue weighted by Gasteiger charge is -2.35. The number of anilines is 1. The van der Waals surface area contributed by atoms with Crippen molar-refractivity contribution in [3.63, 3.8) is 0 Å². The quantitative estimate of drug-likeness (QED) is 0.0461. The molecule has 1 aliphatic carbocycles. The van der Waals surface area contributed by atoms with Crippen LogP contribution in [0.25, 0.3) is 21.3 Å². The van der Waals surface area contributed by atoms with E-state index in [0.717, 1.165) is 63.8 Å². The van der Waals surface area contributed by atoms with Gasteiger partial charge in [0.25, 0.3) is 0 Å². The molecule has 3 aromatic carbocycles. The predicted molar refractivity (Wildman–Crippen MR) is 275 cm³/mol. The molecule has 1 saturated carbocycles. The highest BCUT2D eigenvalue weighted by Crippen LogP contribution is 2.41. The molecule has 2 fully saturated rings. The van der Waals surface area contributed by atoms with Gasteiger partial charge in [-0.15, -0.1) is 11.3 Å². The summed E-state index contributed by atoms with van der Waals surface area (Å²) >= 11 is 8.02. The van der Waals surface area contributed by atoms with Gasteiger partial charge in [-0.3, -0.25) is 19.4 Å². The third-order valence-electron chi connectivity index (χ3n) is 13.5. The Labute approximate surface area is 425 Å². The van der Waals surface area contributed by atoms with E-state index in [0.29, 0.717) is 75.1 Å². The number of carbonyl (C=O) groups is 3. The van der Waals surface area contributed by atoms with Crippen LogP contribution in [0.1, 0.15) is 82.5 Å². The molecule has 382 valence electrons. The molecule has 0 bridgehead atoms. The van der Waals surface area contributed by atoms with Gasteiger partial charge in [0.2, 0.25) is 17.7 Å². The Bertz CT molecular complexity index is 2550. The number of amides is 3. The molecule has 17 heteroatoms. The summed E-state index contributed by atoms with van der Waals surface area (Å²) in [5.41, 5.74) is 6.85. The first-order valence-corrected chi connectivity index (χ1v) is 25.9. The van der Waals surface area contributed by atoms with Gasteiger partial charge in [-0.05, 0) is 103 Å². The zero-order chi connectivity index (χ0) is 50.5. The van der Waals surface area contributed by atoms with Crippen LogP contribution in [0.3, 0.4) is 0 Å². The van der Waals surface area contributed by atoms with E-state index < -0.39 is 23.6 Å². The summed E-state index contributed by atoms with van der Waals surface area (Å²) < 4.78 is 37.1. The Morgan fingerprint density at radius 1 is 0.901 bits per heavy atom. The number of aliphatic hydroxyl groups excluding tert-OH is 1. The molecule has 7 rings (SSSR count). The molecule has 4 N–H and O–H groups in total. The lowest BCUT2D eigenvalue weighted by Crippen LogP contribution is -2.57. The zero-order valence-corrected chi connectivity index (χ0v) is 43.0. The number of nitrogens with zero attached hydrogens (tertiary/aromatic N) is 3. The molecule has 2 aliphatic rings. The average molecular weight is 1020 g/mol. The number of thiazole rings is 1. The number of halogens is 2. The van der Waals surface area contributed by atoms with Crippen molar-refractivity contribution in [2.45, 2.75) is 97.4 Å². The second-order valence-electron chi connectivity index (χ2n) is 19.6. The molecule has 5 aromatic rings. The summed E-state index contributed by atoms with van der Waals surface area (Å²) in [5.74, 6) is -0.0648. The summed E-state index contributed by atoms with van der Waals surface area (Å²) in [6.45, 7) is 13.0. The van der Waals surface area contributed by atoms with Crippen LogP contribution < -0.4 is 20.7 Å². The van der Waals surface area contributed by atoms with E-state index in [-0.39, 0.29) is 54.9 Å². The number of ether oxygens (including phenoxy) is 4. The van der Waals surface area contributed by atoms with Crippen LogP contribution in [0.2, 0.25) is 5.02 Å². The van der Waals surface area contributed by atoms with Crippen molar-refractivity contribution in [2.75, 3.05) is 64.7 Å². The van der Waals surface area contributed by atoms with E-state index in [1.807, 2.05) is 70.5 Å². The van der Waals surface area contributed by atoms with Gasteiger partial charge in [0, 0.05) is 55.3 Å². The molecule has 4 atom stereocenters. The Hall–Kier alpha value is -5.07. The SMILES string of the molecule is Cc1ncsc1-c1ccc(CNC(=O)[C@@H]2C[C@@H](O)CN2C(=O)[C@@H](NCCOCCOCCOCCOc2cc(NC(=O)[C@H](C)[C@H]3CC[C@@H](c4ccnc5ccc(F)cc54)CC3)ccc2Cl)C(C)(C)C)cc1. The van der Waals surface area contributed by atoms with E-state index in [1.165, 1.54) is 11.0 Å². The molecule has 1 saturated heterocycles. The minimum absolute atomic E-state index is 0.0563. The van der Waals surface area contributed by atoms with Crippen LogP contribution in [-0.4, -0.2) is 115 Å². The second-order valence-corrected chi connectivity index (χ2v) is 20.9. The van der Waals surface area contributed by atoms with Crippen molar-refractivity contribution in [1.29, 1.82) is 0 Å². The van der Waals surface area contributed by atoms with Crippen molar-refractivity contribution >= 4 is 57.2 Å². The van der Waals surface area contributed by atoms with Gasteiger partial charge < -0.3 is 44.9 Å². The van der Waals surface area contributed by atoms with Gasteiger partial charge in [-0.25, -0.2) is 9.37 Å². The highest BCUT2D eigenvalue weighted by molar-refractivity contribution is 7.13. The summed E-state index contributed by atoms with van der Waals surface area (Å²) in [4.78, 5) is 52.1. The van der Waals surface area contributed by atoms with Gasteiger partial charge >= 0.3 is 0 Å². The van der Waals surface area contributed by atoms with E-state index in [1.54, 1.807) is 47.9 Å². The fourth-order valence-corrected chi connectivity index (χ4v) is 10.5. The number of hydrogen-bond acceptors (Lipinski definition) is 12. The van der Waals surface area contributed by atoms with Crippen LogP contribution in [0, 0.1) is 30.0 Å². The molecule has 14 nitrogen and oxygen atoms in total. The number of pyridine rings is 1. The lowest BCUT2D eigenvalue weighted by molar-refractivity contribution is -0.142. The molecule has 71 heavy (non-hydrogen) atoms. The van der Waals surface area contributed by atoms with Crippen molar-refractivity contribution < 1.29 is 42.8 Å². The van der Waals surface area contributed by atoms with Gasteiger partial charge in [-0.1, -0.05) is 63.6 Å². The van der Waals surface area contributed by atoms with Gasteiger partial charge in [0.15, 0.2) is 0 Å². The minimum atomic E-state index is -0.793. The monoisotopic (exact) mass is 1010 g/mol. The van der Waals surface area contributed by atoms with Gasteiger partial charge in [0.05, 0.1) is 78.4 Å². The number of β-amino-alcohol motifs (C(OH)–C–C–N with tert-alkyl or cyclic N) is 1. The van der Waals surface area contributed by atoms with Crippen molar-refractivity contribution in [1.82, 2.24) is 25.5 Å². The van der Waals surface area contributed by atoms with E-state index in [4.69, 9.17) is 30.5 Å². The number of aryl methyl sites for hydroxylation is 1. The van der Waals surface area contributed by atoms with Crippen LogP contribution in [0.5, 0.6) is 5.75 Å². The third-order valence-corrected chi connectivity index (χ3v) is 14.8. The summed E-state index contributed by atoms with van der Waals surface area (Å²) in [7, 11) is 0. The predicted octanol–water partition coefficient (Wildman–Crippen LogP) is 8.72. The molecular weight excluding hydrogens is 947 g/mol. The molecule has 3 heterocycles. The lowest BCUT2D eigenvalue weighted by atomic mass is 9.73. The molecule has 0 radical (unpaired) electrons. The maximum absolute atomic E-state index is 14.1. The number of likely N-dealkylation sites (tertiary alicyclic amines) is 1. The van der Waals surface area contributed by atoms with Crippen LogP contribution in [0.4, 0.5) is 10.1 Å². The number of rotatable bonds is 23. The summed E-state index contributed by atoms with van der Waals surface area (Å²) in [6.07, 6.45) is 4.83. The summed E-state index contributed by atoms with van der Waals surface area (Å²) in [5, 5.41) is 21.2. The maximum Gasteiger partial charge on any atom is 0.243 e. The highest BCUT2D eigenvalue weighted by atomic mass is 35.5. The standard InChI is InChI=1S/C54H68ClFN6O8S/c1-34(37-10-12-38(13-11-37)43-18-19-57-46-17-14-40(56)28-44(43)46)51(64)61-41-15-16-45(55)48(29-41)70-27-26-69-25-24-68-23-22-67-21-20-58-50(54(3,4)5)53(66)62-32-42(63)30-47(62)52(65)59-31-36-6-8-39(9-7-36)49-35(2)60-33-71-49/h6-9,14-19,28-29,33-34,37-38,42,47,50,58,63H,10-13,20-27,30-32H2,1-5H3,(H,59,65)(H,61,64)/t34-,37-,38+,42-,47+,50-/m1/s1. The molecule has 0 spiro atoms. The number of benzene rings is 3. The molecule has 3 amide bonds. The van der Waals surface area contributed by atoms with E-state index >= 15 is 0 Å². The largest absolute Gasteiger partial charge is 0.490 e. The van der Waals surface area contributed by atoms with Crippen molar-refractivity contribution in [3.05, 3.63) is 106 Å². The van der Waals surface area contributed by atoms with Crippen molar-refractivity contribution in [3.8, 4) is 16.2 Å². The van der Waals surface area contributed by atoms with E-state index in [9.17, 15) is 23.9 Å². The zero-order valence-electron chi connectivity index (χ0n) is 41.4. The first kappa shape index (κ1) is 53.7. The third kappa shape index (κ3) is 14.8. The first-order valence-electron chi connectivity index (χ1n) is 24.7. The topological polar surface area (TPSA) is 173 Å². The van der Waals surface area contributed by atoms with E-state index in [2.05, 4.69) is 25.9 Å². The smallest absolute Gasteiger partial charge is 0.243 e. The summed E-state index contributed by atoms with van der Waals surface area (Å²) in [6, 6.07) is 18.5. The number of carbonyl (C=O) groups excluding carboxylic acids is 3. The number of aliphatic hydroxyl groups is 1. The van der Waals surface area contributed by atoms with Crippen LogP contribution in [-0.2, 0) is 35.1 Å². The van der Waals surface area contributed by atoms with Gasteiger partial charge in [0.1, 0.15) is 24.2 Å². The van der Waals surface area contributed by atoms with Crippen LogP contribution in [0.15, 0.2) is 78.4 Å². The van der Waals surface area contributed by atoms with Crippen molar-refractivity contribution in [2.24, 2.45) is 17.3 Å². The normalized spacial score (nSPS) is 19.1. The molecule has 1 aliphatic heterocycles. The van der Waals surface area contributed by atoms with Crippen LogP contribution >= 0.6 is 22.9 Å². The minimum Gasteiger partial charge on any atom is -0.490 e. The molecular formula is C54H68ClFN6O8S. The number of hydrogen-bond donors (Lipinski definition) is 4. The molecule has 2 aromatic heterocycles. The Balaban J connectivity index is 0.739. The highest BCUT2D eigenvalue weighted by Gasteiger charge is 2.44. The fraction of sp³-hybridized carbons (Fsp3) is 0.500. The Morgan fingerprint density at radius 3 is 2.30 bits per heavy atom. The van der Waals surface area contributed by atoms with Gasteiger partial charge in [-0.2, -0.15) is 0 Å². The number of fused-ring (bicyclic) bond motifs is 1. The average Bonchev–Trinajstić information content (AvgIpc) is 3.98. The first-order chi connectivity index (χ1) is 34.2. The number of aromatic nitrogens is 2. The second kappa shape index (κ2) is 25.5. The number of nitrogens with one attached hydrogen (secondary N) is 3. The maximum atomic E-state index is 14.1. The Kier molecular flexibility index (Phi) is 19.3. The Morgan fingerprint density at radius 2 is 1.61 bits per heavy atom. The fourth-order valence-electron chi connectivity index (χ4n) is 9.51.